The monoisotopic (exact) mass is 1180 g/mol. The minimum Gasteiger partial charge on any atom is -0.311 e. The number of rotatable bonds is 6. The Kier molecular flexibility index (Phi) is 13.2. The second-order valence-electron chi connectivity index (χ2n) is 32.1. The van der Waals surface area contributed by atoms with Crippen LogP contribution in [0.1, 0.15) is 190 Å². The van der Waals surface area contributed by atoms with E-state index in [2.05, 4.69) is 346 Å². The molecule has 0 saturated heterocycles. The van der Waals surface area contributed by atoms with E-state index in [1.807, 2.05) is 0 Å². The lowest BCUT2D eigenvalue weighted by atomic mass is 9.33. The van der Waals surface area contributed by atoms with E-state index < -0.39 is 0 Å². The standard InChI is InChI=1S/C86H90BN3/c1-53-45-77-79-78(46-53)90(75-51-69-67(47-54(75)2)83(12,13)63-29-23-25-31-65(63)85(69,16)17)76-52-70-68(84(14,15)64-30-24-26-32-66(64)86(70,18)19)50-72(76)87(79)71-49-61(88(59-38-33-56(34-39-59)80(3,4)5)60-40-35-57(36-41-60)81(6,7)8)42-44-74(71)89(77)73-43-37-58(82(9,10)11)48-62(73)55-27-21-20-22-28-55/h20-52H,1-19H3. The number of fused-ring (bicyclic) bond motifs is 8. The number of anilines is 9. The van der Waals surface area contributed by atoms with Crippen LogP contribution in [-0.2, 0) is 37.9 Å². The lowest BCUT2D eigenvalue weighted by molar-refractivity contribution is 0.520. The molecule has 90 heavy (non-hydrogen) atoms. The summed E-state index contributed by atoms with van der Waals surface area (Å²) in [6, 6.07) is 78.6. The Morgan fingerprint density at radius 1 is 0.322 bits per heavy atom. The predicted molar refractivity (Wildman–Crippen MR) is 388 cm³/mol. The Hall–Kier alpha value is -8.34. The van der Waals surface area contributed by atoms with Crippen LogP contribution in [0.25, 0.3) is 11.1 Å². The van der Waals surface area contributed by atoms with E-state index in [-0.39, 0.29) is 44.6 Å². The van der Waals surface area contributed by atoms with Crippen molar-refractivity contribution in [3.63, 3.8) is 0 Å². The zero-order valence-corrected chi connectivity index (χ0v) is 57.0. The minimum atomic E-state index is -0.289. The normalized spacial score (nSPS) is 16.2. The van der Waals surface area contributed by atoms with Crippen LogP contribution in [0.15, 0.2) is 200 Å². The molecule has 10 aromatic carbocycles. The van der Waals surface area contributed by atoms with Gasteiger partial charge in [-0.1, -0.05) is 239 Å². The summed E-state index contributed by atoms with van der Waals surface area (Å²) in [5.74, 6) is 0. The fourth-order valence-corrected chi connectivity index (χ4v) is 16.3. The van der Waals surface area contributed by atoms with Crippen molar-refractivity contribution in [2.24, 2.45) is 0 Å². The Morgan fingerprint density at radius 2 is 0.711 bits per heavy atom. The molecule has 0 saturated carbocycles. The van der Waals surface area contributed by atoms with Gasteiger partial charge in [0.15, 0.2) is 0 Å². The zero-order chi connectivity index (χ0) is 63.7. The summed E-state index contributed by atoms with van der Waals surface area (Å²) in [5, 5.41) is 0. The van der Waals surface area contributed by atoms with Crippen molar-refractivity contribution >= 4 is 74.3 Å². The molecule has 0 fully saturated rings. The van der Waals surface area contributed by atoms with Crippen LogP contribution >= 0.6 is 0 Å². The number of nitrogens with zero attached hydrogens (tertiary/aromatic N) is 3. The van der Waals surface area contributed by atoms with E-state index in [4.69, 9.17) is 0 Å². The summed E-state index contributed by atoms with van der Waals surface area (Å²) in [6.07, 6.45) is 0. The molecule has 0 atom stereocenters. The fourth-order valence-electron chi connectivity index (χ4n) is 16.3. The van der Waals surface area contributed by atoms with Crippen LogP contribution in [0, 0.1) is 13.8 Å². The van der Waals surface area contributed by atoms with E-state index >= 15 is 0 Å². The first kappa shape index (κ1) is 59.3. The number of hydrogen-bond donors (Lipinski definition) is 0. The molecule has 452 valence electrons. The van der Waals surface area contributed by atoms with Gasteiger partial charge in [0.2, 0.25) is 0 Å². The van der Waals surface area contributed by atoms with Gasteiger partial charge in [-0.2, -0.15) is 0 Å². The van der Waals surface area contributed by atoms with Crippen LogP contribution < -0.4 is 31.1 Å². The lowest BCUT2D eigenvalue weighted by Gasteiger charge is -2.49. The van der Waals surface area contributed by atoms with Gasteiger partial charge < -0.3 is 14.7 Å². The molecule has 0 amide bonds. The van der Waals surface area contributed by atoms with Gasteiger partial charge in [0, 0.05) is 72.7 Å². The summed E-state index contributed by atoms with van der Waals surface area (Å²) in [5.41, 5.74) is 33.5. The van der Waals surface area contributed by atoms with Gasteiger partial charge >= 0.3 is 0 Å². The van der Waals surface area contributed by atoms with E-state index in [1.54, 1.807) is 0 Å². The maximum atomic E-state index is 2.73. The molecular formula is C86H90BN3. The SMILES string of the molecule is Cc1cc2c3c(c1)N(c1ccc(C(C)(C)C)cc1-c1ccccc1)c1ccc(N(c4ccc(C(C)(C)C)cc4)c4ccc(C(C)(C)C)cc4)cc1B3c1cc3c(cc1N2c1cc2c(cc1C)C(C)(C)c1ccccc1C2(C)C)C(C)(C)c1ccccc1C3(C)C. The molecular weight excluding hydrogens is 1090 g/mol. The number of benzene rings is 10. The molecule has 0 aromatic heterocycles. The molecule has 10 aromatic rings. The van der Waals surface area contributed by atoms with Crippen LogP contribution in [0.2, 0.25) is 0 Å². The van der Waals surface area contributed by atoms with Crippen molar-refractivity contribution in [3.8, 4) is 11.1 Å². The van der Waals surface area contributed by atoms with Crippen LogP contribution in [0.3, 0.4) is 0 Å². The van der Waals surface area contributed by atoms with Gasteiger partial charge in [-0.25, -0.2) is 0 Å². The minimum absolute atomic E-state index is 0.00328. The Balaban J connectivity index is 1.11. The smallest absolute Gasteiger partial charge is 0.252 e. The topological polar surface area (TPSA) is 9.72 Å². The molecule has 0 radical (unpaired) electrons. The second kappa shape index (κ2) is 20.1. The van der Waals surface area contributed by atoms with Gasteiger partial charge in [0.25, 0.3) is 6.71 Å². The third kappa shape index (κ3) is 9.03. The molecule has 0 spiro atoms. The van der Waals surface area contributed by atoms with E-state index in [0.717, 1.165) is 22.7 Å². The highest BCUT2D eigenvalue weighted by Gasteiger charge is 2.50. The second-order valence-corrected chi connectivity index (χ2v) is 32.1. The maximum Gasteiger partial charge on any atom is 0.252 e. The van der Waals surface area contributed by atoms with E-state index in [0.29, 0.717) is 0 Å². The number of aryl methyl sites for hydroxylation is 2. The summed E-state index contributed by atoms with van der Waals surface area (Å²) >= 11 is 0. The van der Waals surface area contributed by atoms with Gasteiger partial charge in [0.05, 0.1) is 5.69 Å². The highest BCUT2D eigenvalue weighted by molar-refractivity contribution is 7.00. The summed E-state index contributed by atoms with van der Waals surface area (Å²) < 4.78 is 0. The van der Waals surface area contributed by atoms with Crippen molar-refractivity contribution in [1.29, 1.82) is 0 Å². The Bertz CT molecular complexity index is 4500. The largest absolute Gasteiger partial charge is 0.311 e. The van der Waals surface area contributed by atoms with Crippen molar-refractivity contribution in [2.75, 3.05) is 14.7 Å². The van der Waals surface area contributed by atoms with Crippen molar-refractivity contribution < 1.29 is 0 Å². The van der Waals surface area contributed by atoms with Gasteiger partial charge in [-0.15, -0.1) is 0 Å². The third-order valence-corrected chi connectivity index (χ3v) is 21.6. The number of hydrogen-bond acceptors (Lipinski definition) is 3. The molecule has 0 unspecified atom stereocenters. The molecule has 14 rings (SSSR count). The Labute approximate surface area is 539 Å². The molecule has 0 N–H and O–H groups in total. The molecule has 4 aliphatic rings. The molecule has 2 aliphatic carbocycles. The van der Waals surface area contributed by atoms with Crippen molar-refractivity contribution in [3.05, 3.63) is 273 Å². The molecule has 2 aliphatic heterocycles. The summed E-state index contributed by atoms with van der Waals surface area (Å²) in [7, 11) is 0. The van der Waals surface area contributed by atoms with E-state index in [1.165, 1.54) is 128 Å². The Morgan fingerprint density at radius 3 is 1.19 bits per heavy atom. The highest BCUT2D eigenvalue weighted by atomic mass is 15.2. The van der Waals surface area contributed by atoms with Crippen LogP contribution in [-0.4, -0.2) is 6.71 Å². The first-order valence-corrected chi connectivity index (χ1v) is 33.0. The van der Waals surface area contributed by atoms with Crippen molar-refractivity contribution in [2.45, 2.75) is 169 Å². The fraction of sp³-hybridized carbons (Fsp3) is 0.302. The lowest BCUT2D eigenvalue weighted by Crippen LogP contribution is -2.62. The maximum absolute atomic E-state index is 2.73. The van der Waals surface area contributed by atoms with Crippen molar-refractivity contribution in [1.82, 2.24) is 0 Å². The molecule has 4 heteroatoms. The van der Waals surface area contributed by atoms with E-state index in [9.17, 15) is 0 Å². The average molecular weight is 1180 g/mol. The molecule has 0 bridgehead atoms. The first-order valence-electron chi connectivity index (χ1n) is 33.0. The molecule has 3 nitrogen and oxygen atoms in total. The summed E-state index contributed by atoms with van der Waals surface area (Å²) in [4.78, 5) is 7.89. The first-order chi connectivity index (χ1) is 42.4. The molecule has 2 heterocycles. The predicted octanol–water partition coefficient (Wildman–Crippen LogP) is 21.3. The summed E-state index contributed by atoms with van der Waals surface area (Å²) in [6.45, 7) is 45.1. The third-order valence-electron chi connectivity index (χ3n) is 21.6. The quantitative estimate of drug-likeness (QED) is 0.154. The van der Waals surface area contributed by atoms with Crippen LogP contribution in [0.4, 0.5) is 51.2 Å². The van der Waals surface area contributed by atoms with Gasteiger partial charge in [-0.05, 0) is 203 Å². The highest BCUT2D eigenvalue weighted by Crippen LogP contribution is 2.57. The van der Waals surface area contributed by atoms with Crippen LogP contribution in [0.5, 0.6) is 0 Å². The average Bonchev–Trinajstić information content (AvgIpc) is 0.689. The zero-order valence-electron chi connectivity index (χ0n) is 57.0. The van der Waals surface area contributed by atoms with Gasteiger partial charge in [-0.3, -0.25) is 0 Å². The van der Waals surface area contributed by atoms with Gasteiger partial charge in [0.1, 0.15) is 0 Å².